The van der Waals surface area contributed by atoms with Crippen LogP contribution in [-0.2, 0) is 17.1 Å². The molecule has 0 fully saturated rings. The van der Waals surface area contributed by atoms with Crippen molar-refractivity contribution in [1.82, 2.24) is 9.36 Å². The number of carbonyl (C=O) groups is 1. The average molecular weight is 557 g/mol. The van der Waals surface area contributed by atoms with Crippen LogP contribution in [0.1, 0.15) is 16.1 Å². The number of halogens is 1. The van der Waals surface area contributed by atoms with Gasteiger partial charge in [-0.3, -0.25) is 18.6 Å². The normalized spacial score (nSPS) is 11.4. The van der Waals surface area contributed by atoms with E-state index in [2.05, 4.69) is 5.32 Å². The highest BCUT2D eigenvalue weighted by Gasteiger charge is 2.29. The Morgan fingerprint density at radius 3 is 2.35 bits per heavy atom. The first-order valence-electron chi connectivity index (χ1n) is 11.1. The molecule has 0 aliphatic carbocycles. The van der Waals surface area contributed by atoms with Crippen molar-refractivity contribution in [2.45, 2.75) is 16.7 Å². The van der Waals surface area contributed by atoms with Gasteiger partial charge in [0, 0.05) is 19.0 Å². The van der Waals surface area contributed by atoms with Crippen molar-refractivity contribution < 1.29 is 13.2 Å². The van der Waals surface area contributed by atoms with Crippen molar-refractivity contribution in [2.75, 3.05) is 22.9 Å². The van der Waals surface area contributed by atoms with Crippen LogP contribution >= 0.6 is 23.4 Å². The zero-order valence-electron chi connectivity index (χ0n) is 20.6. The maximum Gasteiger partial charge on any atom is 0.296 e. The second-order valence-corrected chi connectivity index (χ2v) is 11.4. The zero-order valence-corrected chi connectivity index (χ0v) is 23.0. The van der Waals surface area contributed by atoms with Gasteiger partial charge in [0.25, 0.3) is 21.5 Å². The van der Waals surface area contributed by atoms with Crippen LogP contribution in [0.3, 0.4) is 0 Å². The molecule has 1 N–H and O–H groups in total. The lowest BCUT2D eigenvalue weighted by Gasteiger charge is -2.19. The summed E-state index contributed by atoms with van der Waals surface area (Å²) in [5.74, 6) is -0.548. The number of amides is 1. The maximum absolute atomic E-state index is 13.6. The third-order valence-corrected chi connectivity index (χ3v) is 8.91. The summed E-state index contributed by atoms with van der Waals surface area (Å²) in [5, 5.41) is 2.90. The van der Waals surface area contributed by atoms with Gasteiger partial charge in [-0.1, -0.05) is 41.9 Å². The summed E-state index contributed by atoms with van der Waals surface area (Å²) in [6.45, 7) is 1.67. The first-order valence-corrected chi connectivity index (χ1v) is 14.2. The van der Waals surface area contributed by atoms with E-state index in [-0.39, 0.29) is 21.2 Å². The van der Waals surface area contributed by atoms with Gasteiger partial charge in [-0.25, -0.2) is 13.1 Å². The summed E-state index contributed by atoms with van der Waals surface area (Å²) < 4.78 is 31.2. The second-order valence-electron chi connectivity index (χ2n) is 8.18. The van der Waals surface area contributed by atoms with E-state index < -0.39 is 21.5 Å². The minimum atomic E-state index is -4.22. The minimum Gasteiger partial charge on any atom is -0.321 e. The largest absolute Gasteiger partial charge is 0.321 e. The number of nitrogens with one attached hydrogen (secondary N) is 1. The summed E-state index contributed by atoms with van der Waals surface area (Å²) in [6.07, 6.45) is 1.89. The quantitative estimate of drug-likeness (QED) is 0.326. The van der Waals surface area contributed by atoms with Crippen LogP contribution in [0.2, 0.25) is 5.02 Å². The number of benzene rings is 3. The summed E-state index contributed by atoms with van der Waals surface area (Å²) in [4.78, 5) is 27.1. The number of nitrogens with zero attached hydrogens (tertiary/aromatic N) is 3. The maximum atomic E-state index is 13.6. The fourth-order valence-corrected chi connectivity index (χ4v) is 6.00. The monoisotopic (exact) mass is 556 g/mol. The van der Waals surface area contributed by atoms with Gasteiger partial charge in [0.15, 0.2) is 0 Å². The van der Waals surface area contributed by atoms with E-state index in [1.54, 1.807) is 55.1 Å². The minimum absolute atomic E-state index is 0.00111. The smallest absolute Gasteiger partial charge is 0.296 e. The fourth-order valence-electron chi connectivity index (χ4n) is 3.97. The molecule has 4 aromatic rings. The predicted molar refractivity (Wildman–Crippen MR) is 149 cm³/mol. The molecular weight excluding hydrogens is 532 g/mol. The van der Waals surface area contributed by atoms with E-state index in [9.17, 15) is 18.0 Å². The van der Waals surface area contributed by atoms with Crippen LogP contribution in [0.25, 0.3) is 5.69 Å². The number of para-hydroxylation sites is 2. The SMILES string of the molecule is CSc1ccccc1NC(=O)c1cc(S(=O)(=O)N(C)c2c(C)n(C)n(-c3ccccc3)c2=O)ccc1Cl. The molecule has 0 saturated carbocycles. The Morgan fingerprint density at radius 1 is 1.03 bits per heavy atom. The summed E-state index contributed by atoms with van der Waals surface area (Å²) in [7, 11) is -1.21. The molecule has 1 heterocycles. The topological polar surface area (TPSA) is 93.4 Å². The highest BCUT2D eigenvalue weighted by Crippen LogP contribution is 2.29. The van der Waals surface area contributed by atoms with Crippen molar-refractivity contribution >= 4 is 50.7 Å². The lowest BCUT2D eigenvalue weighted by Crippen LogP contribution is -2.32. The van der Waals surface area contributed by atoms with Gasteiger partial charge in [0.2, 0.25) is 0 Å². The molecule has 0 bridgehead atoms. The van der Waals surface area contributed by atoms with Crippen molar-refractivity contribution in [2.24, 2.45) is 7.05 Å². The first kappa shape index (κ1) is 26.6. The molecule has 3 aromatic carbocycles. The van der Waals surface area contributed by atoms with Crippen molar-refractivity contribution in [3.63, 3.8) is 0 Å². The predicted octanol–water partition coefficient (Wildman–Crippen LogP) is 4.94. The van der Waals surface area contributed by atoms with Crippen LogP contribution in [0.5, 0.6) is 0 Å². The molecule has 192 valence electrons. The van der Waals surface area contributed by atoms with E-state index in [4.69, 9.17) is 11.6 Å². The van der Waals surface area contributed by atoms with E-state index in [1.807, 2.05) is 24.5 Å². The van der Waals surface area contributed by atoms with E-state index in [0.29, 0.717) is 17.1 Å². The molecule has 0 atom stereocenters. The van der Waals surface area contributed by atoms with Crippen LogP contribution < -0.4 is 15.2 Å². The Bertz CT molecular complexity index is 1650. The molecule has 37 heavy (non-hydrogen) atoms. The number of thioether (sulfide) groups is 1. The fraction of sp³-hybridized carbons (Fsp3) is 0.154. The Labute approximate surface area is 224 Å². The van der Waals surface area contributed by atoms with Gasteiger partial charge in [-0.2, -0.15) is 0 Å². The number of rotatable bonds is 7. The molecule has 0 aliphatic heterocycles. The molecule has 11 heteroatoms. The zero-order chi connectivity index (χ0) is 26.9. The van der Waals surface area contributed by atoms with Crippen LogP contribution in [0, 0.1) is 6.92 Å². The molecule has 0 radical (unpaired) electrons. The Hall–Kier alpha value is -3.47. The summed E-state index contributed by atoms with van der Waals surface area (Å²) >= 11 is 7.75. The van der Waals surface area contributed by atoms with E-state index >= 15 is 0 Å². The number of sulfonamides is 1. The highest BCUT2D eigenvalue weighted by molar-refractivity contribution is 7.98. The standard InChI is InChI=1S/C26H25ClN4O4S2/c1-17-24(26(33)31(29(17)2)18-10-6-5-7-11-18)30(3)37(34,35)19-14-15-21(27)20(16-19)25(32)28-22-12-8-9-13-23(22)36-4/h5-16H,1-4H3,(H,28,32). The third-order valence-electron chi connectivity index (χ3n) is 6.03. The summed E-state index contributed by atoms with van der Waals surface area (Å²) in [6, 6.07) is 20.1. The van der Waals surface area contributed by atoms with Gasteiger partial charge in [0.1, 0.15) is 5.69 Å². The first-order chi connectivity index (χ1) is 17.6. The number of anilines is 2. The molecule has 0 aliphatic rings. The van der Waals surface area contributed by atoms with Crippen LogP contribution in [0.4, 0.5) is 11.4 Å². The molecule has 1 amide bonds. The Kier molecular flexibility index (Phi) is 7.54. The van der Waals surface area contributed by atoms with E-state index in [1.165, 1.54) is 41.7 Å². The molecule has 1 aromatic heterocycles. The van der Waals surface area contributed by atoms with Crippen molar-refractivity contribution in [1.29, 1.82) is 0 Å². The Morgan fingerprint density at radius 2 is 1.68 bits per heavy atom. The summed E-state index contributed by atoms with van der Waals surface area (Å²) in [5.41, 5.74) is 1.16. The van der Waals surface area contributed by atoms with Gasteiger partial charge < -0.3 is 5.32 Å². The average Bonchev–Trinajstić information content (AvgIpc) is 3.11. The highest BCUT2D eigenvalue weighted by atomic mass is 35.5. The molecular formula is C26H25ClN4O4S2. The molecule has 0 saturated heterocycles. The van der Waals surface area contributed by atoms with Gasteiger partial charge in [0.05, 0.1) is 32.6 Å². The molecule has 0 spiro atoms. The lowest BCUT2D eigenvalue weighted by atomic mass is 10.2. The lowest BCUT2D eigenvalue weighted by molar-refractivity contribution is 0.102. The van der Waals surface area contributed by atoms with Gasteiger partial charge >= 0.3 is 0 Å². The van der Waals surface area contributed by atoms with Crippen LogP contribution in [-0.4, -0.2) is 37.0 Å². The van der Waals surface area contributed by atoms with Gasteiger partial charge in [-0.05, 0) is 55.6 Å². The number of carbonyl (C=O) groups excluding carboxylic acids is 1. The molecule has 4 rings (SSSR count). The van der Waals surface area contributed by atoms with E-state index in [0.717, 1.165) is 9.20 Å². The van der Waals surface area contributed by atoms with Crippen molar-refractivity contribution in [3.8, 4) is 5.69 Å². The third kappa shape index (κ3) is 4.92. The molecule has 8 nitrogen and oxygen atoms in total. The van der Waals surface area contributed by atoms with Crippen molar-refractivity contribution in [3.05, 3.63) is 99.4 Å². The van der Waals surface area contributed by atoms with Gasteiger partial charge in [-0.15, -0.1) is 11.8 Å². The number of hydrogen-bond donors (Lipinski definition) is 1. The van der Waals surface area contributed by atoms with Crippen LogP contribution in [0.15, 0.2) is 87.4 Å². The number of aromatic nitrogens is 2. The second kappa shape index (κ2) is 10.5. The molecule has 0 unspecified atom stereocenters. The number of hydrogen-bond acceptors (Lipinski definition) is 5. The Balaban J connectivity index is 1.73.